The molecule has 1 aliphatic carbocycles. The Labute approximate surface area is 127 Å². The Morgan fingerprint density at radius 3 is 2.62 bits per heavy atom. The molecule has 1 fully saturated rings. The molecule has 1 atom stereocenters. The number of aromatic nitrogens is 2. The lowest BCUT2D eigenvalue weighted by Gasteiger charge is -2.27. The number of ether oxygens (including phenoxy) is 1. The average Bonchev–Trinajstić information content (AvgIpc) is 3.00. The van der Waals surface area contributed by atoms with Gasteiger partial charge in [0.1, 0.15) is 6.10 Å². The van der Waals surface area contributed by atoms with Gasteiger partial charge in [0.25, 0.3) is 0 Å². The van der Waals surface area contributed by atoms with Gasteiger partial charge in [-0.1, -0.05) is 19.0 Å². The Kier molecular flexibility index (Phi) is 6.64. The molecule has 1 heterocycles. The van der Waals surface area contributed by atoms with Crippen molar-refractivity contribution in [3.05, 3.63) is 11.7 Å². The maximum atomic E-state index is 5.64. The van der Waals surface area contributed by atoms with Crippen molar-refractivity contribution in [3.8, 4) is 0 Å². The van der Waals surface area contributed by atoms with E-state index in [1.54, 1.807) is 0 Å². The van der Waals surface area contributed by atoms with Crippen LogP contribution in [0.3, 0.4) is 0 Å². The van der Waals surface area contributed by atoms with E-state index in [9.17, 15) is 0 Å². The van der Waals surface area contributed by atoms with E-state index in [0.29, 0.717) is 24.4 Å². The van der Waals surface area contributed by atoms with Crippen molar-refractivity contribution in [1.82, 2.24) is 15.5 Å². The molecular weight excluding hydrogens is 266 g/mol. The molecule has 0 aromatic carbocycles. The highest BCUT2D eigenvalue weighted by molar-refractivity contribution is 4.99. The van der Waals surface area contributed by atoms with Gasteiger partial charge in [-0.3, -0.25) is 0 Å². The Morgan fingerprint density at radius 2 is 2.00 bits per heavy atom. The Bertz CT molecular complexity index is 400. The zero-order valence-electron chi connectivity index (χ0n) is 13.6. The molecule has 0 bridgehead atoms. The van der Waals surface area contributed by atoms with Crippen LogP contribution in [0.25, 0.3) is 0 Å². The summed E-state index contributed by atoms with van der Waals surface area (Å²) in [5, 5.41) is 7.73. The molecule has 0 aliphatic heterocycles. The fourth-order valence-corrected chi connectivity index (χ4v) is 3.01. The van der Waals surface area contributed by atoms with E-state index in [1.165, 1.54) is 19.3 Å². The maximum absolute atomic E-state index is 5.64. The quantitative estimate of drug-likeness (QED) is 0.794. The first-order valence-corrected chi connectivity index (χ1v) is 8.46. The van der Waals surface area contributed by atoms with Crippen molar-refractivity contribution < 1.29 is 9.26 Å². The summed E-state index contributed by atoms with van der Waals surface area (Å²) in [6, 6.07) is 0.662. The first-order chi connectivity index (χ1) is 10.3. The lowest BCUT2D eigenvalue weighted by molar-refractivity contribution is 0.0518. The highest BCUT2D eigenvalue weighted by Gasteiger charge is 2.27. The van der Waals surface area contributed by atoms with Crippen molar-refractivity contribution in [2.75, 3.05) is 13.2 Å². The third-order valence-electron chi connectivity index (χ3n) is 4.24. The Morgan fingerprint density at radius 1 is 1.24 bits per heavy atom. The third kappa shape index (κ3) is 4.51. The summed E-state index contributed by atoms with van der Waals surface area (Å²) in [5.41, 5.74) is 0. The molecule has 5 nitrogen and oxygen atoms in total. The van der Waals surface area contributed by atoms with E-state index in [1.807, 2.05) is 6.92 Å². The molecule has 2 rings (SSSR count). The number of rotatable bonds is 8. The van der Waals surface area contributed by atoms with Gasteiger partial charge < -0.3 is 14.6 Å². The van der Waals surface area contributed by atoms with E-state index < -0.39 is 0 Å². The van der Waals surface area contributed by atoms with Gasteiger partial charge in [-0.2, -0.15) is 4.98 Å². The van der Waals surface area contributed by atoms with Gasteiger partial charge in [0.05, 0.1) is 0 Å². The SMILES string of the molecule is CCCNC1CCC(c2nc(C(CC)OCC)no2)CC1. The fourth-order valence-electron chi connectivity index (χ4n) is 3.01. The largest absolute Gasteiger partial charge is 0.370 e. The minimum atomic E-state index is -0.0324. The molecule has 1 aromatic heterocycles. The minimum absolute atomic E-state index is 0.0324. The second kappa shape index (κ2) is 8.49. The average molecular weight is 295 g/mol. The van der Waals surface area contributed by atoms with Crippen LogP contribution in [0.5, 0.6) is 0 Å². The van der Waals surface area contributed by atoms with E-state index >= 15 is 0 Å². The molecule has 1 unspecified atom stereocenters. The molecule has 1 aliphatic rings. The van der Waals surface area contributed by atoms with Gasteiger partial charge in [-0.25, -0.2) is 0 Å². The molecule has 0 amide bonds. The maximum Gasteiger partial charge on any atom is 0.229 e. The standard InChI is InChI=1S/C16H29N3O2/c1-4-11-17-13-9-7-12(8-10-13)16-18-15(19-21-16)14(5-2)20-6-3/h12-14,17H,4-11H2,1-3H3. The van der Waals surface area contributed by atoms with Gasteiger partial charge in [-0.15, -0.1) is 0 Å². The molecule has 0 radical (unpaired) electrons. The first-order valence-electron chi connectivity index (χ1n) is 8.46. The van der Waals surface area contributed by atoms with Crippen LogP contribution in [-0.4, -0.2) is 29.3 Å². The van der Waals surface area contributed by atoms with Crippen LogP contribution >= 0.6 is 0 Å². The lowest BCUT2D eigenvalue weighted by atomic mass is 9.86. The van der Waals surface area contributed by atoms with Crippen LogP contribution in [0.15, 0.2) is 4.52 Å². The molecule has 1 N–H and O–H groups in total. The molecular formula is C16H29N3O2. The third-order valence-corrected chi connectivity index (χ3v) is 4.24. The van der Waals surface area contributed by atoms with Crippen molar-refractivity contribution in [2.24, 2.45) is 0 Å². The first kappa shape index (κ1) is 16.4. The van der Waals surface area contributed by atoms with Crippen LogP contribution in [0.1, 0.15) is 83.0 Å². The van der Waals surface area contributed by atoms with Crippen LogP contribution in [0, 0.1) is 0 Å². The van der Waals surface area contributed by atoms with Gasteiger partial charge >= 0.3 is 0 Å². The van der Waals surface area contributed by atoms with Crippen LogP contribution in [-0.2, 0) is 4.74 Å². The summed E-state index contributed by atoms with van der Waals surface area (Å²) in [6.07, 6.45) is 6.71. The summed E-state index contributed by atoms with van der Waals surface area (Å²) >= 11 is 0. The smallest absolute Gasteiger partial charge is 0.229 e. The van der Waals surface area contributed by atoms with E-state index in [4.69, 9.17) is 9.26 Å². The zero-order valence-corrected chi connectivity index (χ0v) is 13.6. The van der Waals surface area contributed by atoms with Gasteiger partial charge in [0.15, 0.2) is 0 Å². The molecule has 0 spiro atoms. The van der Waals surface area contributed by atoms with Crippen molar-refractivity contribution in [3.63, 3.8) is 0 Å². The second-order valence-corrected chi connectivity index (χ2v) is 5.85. The van der Waals surface area contributed by atoms with Crippen LogP contribution < -0.4 is 5.32 Å². The summed E-state index contributed by atoms with van der Waals surface area (Å²) in [4.78, 5) is 4.59. The summed E-state index contributed by atoms with van der Waals surface area (Å²) in [7, 11) is 0. The molecule has 5 heteroatoms. The minimum Gasteiger partial charge on any atom is -0.370 e. The van der Waals surface area contributed by atoms with Gasteiger partial charge in [0, 0.05) is 18.6 Å². The van der Waals surface area contributed by atoms with Crippen LogP contribution in [0.2, 0.25) is 0 Å². The lowest BCUT2D eigenvalue weighted by Crippen LogP contribution is -2.33. The summed E-state index contributed by atoms with van der Waals surface area (Å²) < 4.78 is 11.1. The zero-order chi connectivity index (χ0) is 15.1. The van der Waals surface area contributed by atoms with Crippen molar-refractivity contribution in [2.45, 2.75) is 77.4 Å². The van der Waals surface area contributed by atoms with Gasteiger partial charge in [0.2, 0.25) is 11.7 Å². The topological polar surface area (TPSA) is 60.2 Å². The molecule has 0 saturated heterocycles. The van der Waals surface area contributed by atoms with E-state index in [0.717, 1.165) is 31.7 Å². The molecule has 21 heavy (non-hydrogen) atoms. The van der Waals surface area contributed by atoms with E-state index in [-0.39, 0.29) is 6.10 Å². The highest BCUT2D eigenvalue weighted by atomic mass is 16.5. The predicted octanol–water partition coefficient (Wildman–Crippen LogP) is 3.58. The van der Waals surface area contributed by atoms with Crippen molar-refractivity contribution in [1.29, 1.82) is 0 Å². The summed E-state index contributed by atoms with van der Waals surface area (Å²) in [6.45, 7) is 8.08. The van der Waals surface area contributed by atoms with Crippen LogP contribution in [0.4, 0.5) is 0 Å². The molecule has 1 aromatic rings. The molecule has 120 valence electrons. The van der Waals surface area contributed by atoms with Crippen molar-refractivity contribution >= 4 is 0 Å². The number of nitrogens with one attached hydrogen (secondary N) is 1. The second-order valence-electron chi connectivity index (χ2n) is 5.85. The highest BCUT2D eigenvalue weighted by Crippen LogP contribution is 2.32. The summed E-state index contributed by atoms with van der Waals surface area (Å²) in [5.74, 6) is 1.93. The number of nitrogens with zero attached hydrogens (tertiary/aromatic N) is 2. The Hall–Kier alpha value is -0.940. The normalized spacial score (nSPS) is 24.1. The number of hydrogen-bond donors (Lipinski definition) is 1. The van der Waals surface area contributed by atoms with E-state index in [2.05, 4.69) is 29.3 Å². The number of hydrogen-bond acceptors (Lipinski definition) is 5. The fraction of sp³-hybridized carbons (Fsp3) is 0.875. The Balaban J connectivity index is 1.87. The van der Waals surface area contributed by atoms with Gasteiger partial charge in [-0.05, 0) is 52.0 Å². The monoisotopic (exact) mass is 295 g/mol. The predicted molar refractivity (Wildman–Crippen MR) is 82.2 cm³/mol. The molecule has 1 saturated carbocycles.